The Labute approximate surface area is 143 Å². The van der Waals surface area contributed by atoms with Crippen molar-refractivity contribution in [3.05, 3.63) is 48.3 Å². The molecule has 2 aliphatic rings. The van der Waals surface area contributed by atoms with Gasteiger partial charge >= 0.3 is 6.03 Å². The third-order valence-electron chi connectivity index (χ3n) is 4.61. The summed E-state index contributed by atoms with van der Waals surface area (Å²) in [7, 11) is 0. The van der Waals surface area contributed by atoms with E-state index in [1.807, 2.05) is 36.4 Å². The minimum atomic E-state index is -0.116. The fourth-order valence-corrected chi connectivity index (χ4v) is 3.40. The molecule has 1 unspecified atom stereocenters. The smallest absolute Gasteiger partial charge is 0.322 e. The maximum Gasteiger partial charge on any atom is 0.322 e. The lowest BCUT2D eigenvalue weighted by atomic mass is 10.0. The van der Waals surface area contributed by atoms with Gasteiger partial charge in [0.15, 0.2) is 11.5 Å². The number of hydrogen-bond acceptors (Lipinski definition) is 4. The molecule has 0 aliphatic carbocycles. The molecule has 1 fully saturated rings. The largest absolute Gasteiger partial charge is 0.486 e. The molecule has 25 heavy (non-hydrogen) atoms. The Morgan fingerprint density at radius 1 is 1.08 bits per heavy atom. The van der Waals surface area contributed by atoms with Crippen LogP contribution in [0, 0.1) is 0 Å². The molecule has 1 aromatic heterocycles. The summed E-state index contributed by atoms with van der Waals surface area (Å²) in [4.78, 5) is 21.6. The van der Waals surface area contributed by atoms with Crippen LogP contribution in [0.25, 0.3) is 11.0 Å². The minimum absolute atomic E-state index is 0.111. The molecule has 2 aliphatic heterocycles. The van der Waals surface area contributed by atoms with Crippen LogP contribution in [0.2, 0.25) is 0 Å². The molecule has 7 heteroatoms. The van der Waals surface area contributed by atoms with Crippen LogP contribution < -0.4 is 19.7 Å². The number of rotatable bonds is 2. The number of aromatic nitrogens is 2. The average Bonchev–Trinajstić information content (AvgIpc) is 3.27. The lowest BCUT2D eigenvalue weighted by Gasteiger charge is -2.25. The third-order valence-corrected chi connectivity index (χ3v) is 4.61. The highest BCUT2D eigenvalue weighted by molar-refractivity contribution is 5.97. The summed E-state index contributed by atoms with van der Waals surface area (Å²) in [5.41, 5.74) is 3.59. The molecular weight excluding hydrogens is 320 g/mol. The Balaban J connectivity index is 1.54. The van der Waals surface area contributed by atoms with Gasteiger partial charge in [0, 0.05) is 12.2 Å². The normalized spacial score (nSPS) is 19.3. The molecule has 0 bridgehead atoms. The Morgan fingerprint density at radius 2 is 1.96 bits per heavy atom. The van der Waals surface area contributed by atoms with Crippen molar-refractivity contribution in [1.29, 1.82) is 0 Å². The van der Waals surface area contributed by atoms with Gasteiger partial charge in [-0.3, -0.25) is 4.90 Å². The number of nitrogens with one attached hydrogen (secondary N) is 2. The van der Waals surface area contributed by atoms with Crippen LogP contribution in [0.4, 0.5) is 10.5 Å². The topological polar surface area (TPSA) is 79.5 Å². The van der Waals surface area contributed by atoms with Gasteiger partial charge < -0.3 is 19.8 Å². The molecule has 3 heterocycles. The fraction of sp³-hybridized carbons (Fsp3) is 0.222. The number of ether oxygens (including phenoxy) is 2. The number of hydrogen-bond donors (Lipinski definition) is 2. The second kappa shape index (κ2) is 5.41. The Hall–Kier alpha value is -3.22. The lowest BCUT2D eigenvalue weighted by Crippen LogP contribution is -2.29. The van der Waals surface area contributed by atoms with Crippen molar-refractivity contribution < 1.29 is 14.3 Å². The van der Waals surface area contributed by atoms with Crippen molar-refractivity contribution in [2.45, 2.75) is 6.04 Å². The van der Waals surface area contributed by atoms with Gasteiger partial charge in [-0.05, 0) is 35.9 Å². The molecule has 126 valence electrons. The highest BCUT2D eigenvalue weighted by Gasteiger charge is 2.34. The van der Waals surface area contributed by atoms with E-state index in [2.05, 4.69) is 15.3 Å². The van der Waals surface area contributed by atoms with E-state index in [4.69, 9.17) is 9.47 Å². The second-order valence-corrected chi connectivity index (χ2v) is 6.08. The molecule has 2 amide bonds. The van der Waals surface area contributed by atoms with Gasteiger partial charge in [-0.25, -0.2) is 9.78 Å². The maximum absolute atomic E-state index is 12.5. The first-order chi connectivity index (χ1) is 12.3. The fourth-order valence-electron chi connectivity index (χ4n) is 3.40. The summed E-state index contributed by atoms with van der Waals surface area (Å²) in [6, 6.07) is 11.4. The molecule has 3 aromatic rings. The highest BCUT2D eigenvalue weighted by atomic mass is 16.6. The highest BCUT2D eigenvalue weighted by Crippen LogP contribution is 2.37. The summed E-state index contributed by atoms with van der Waals surface area (Å²) >= 11 is 0. The predicted molar refractivity (Wildman–Crippen MR) is 92.1 cm³/mol. The van der Waals surface area contributed by atoms with E-state index in [9.17, 15) is 4.79 Å². The van der Waals surface area contributed by atoms with Gasteiger partial charge in [0.25, 0.3) is 0 Å². The summed E-state index contributed by atoms with van der Waals surface area (Å²) < 4.78 is 11.3. The van der Waals surface area contributed by atoms with Crippen LogP contribution in [0.5, 0.6) is 11.5 Å². The molecule has 0 radical (unpaired) electrons. The Morgan fingerprint density at radius 3 is 2.88 bits per heavy atom. The number of anilines is 1. The van der Waals surface area contributed by atoms with E-state index in [0.29, 0.717) is 19.8 Å². The van der Waals surface area contributed by atoms with Crippen molar-refractivity contribution in [2.24, 2.45) is 0 Å². The minimum Gasteiger partial charge on any atom is -0.486 e. The molecule has 0 saturated carbocycles. The zero-order valence-electron chi connectivity index (χ0n) is 13.4. The molecule has 7 nitrogen and oxygen atoms in total. The quantitative estimate of drug-likeness (QED) is 0.754. The van der Waals surface area contributed by atoms with Gasteiger partial charge in [-0.2, -0.15) is 0 Å². The second-order valence-electron chi connectivity index (χ2n) is 6.08. The number of fused-ring (bicyclic) bond motifs is 2. The number of benzene rings is 2. The van der Waals surface area contributed by atoms with Crippen molar-refractivity contribution in [1.82, 2.24) is 15.3 Å². The third kappa shape index (κ3) is 2.27. The van der Waals surface area contributed by atoms with Gasteiger partial charge in [0.1, 0.15) is 13.2 Å². The van der Waals surface area contributed by atoms with Gasteiger partial charge in [0.05, 0.1) is 23.4 Å². The summed E-state index contributed by atoms with van der Waals surface area (Å²) in [6.45, 7) is 1.64. The summed E-state index contributed by atoms with van der Waals surface area (Å²) in [6.07, 6.45) is 1.65. The first kappa shape index (κ1) is 14.2. The summed E-state index contributed by atoms with van der Waals surface area (Å²) in [5.74, 6) is 1.47. The molecule has 1 atom stereocenters. The van der Waals surface area contributed by atoms with Crippen molar-refractivity contribution in [2.75, 3.05) is 24.7 Å². The first-order valence-electron chi connectivity index (χ1n) is 8.19. The van der Waals surface area contributed by atoms with Crippen molar-refractivity contribution in [3.63, 3.8) is 0 Å². The maximum atomic E-state index is 12.5. The number of aromatic amines is 1. The van der Waals surface area contributed by atoms with Gasteiger partial charge in [-0.1, -0.05) is 6.07 Å². The number of amides is 2. The van der Waals surface area contributed by atoms with E-state index >= 15 is 0 Å². The molecule has 5 rings (SSSR count). The molecule has 2 aromatic carbocycles. The number of imidazole rings is 1. The van der Waals surface area contributed by atoms with Crippen molar-refractivity contribution in [3.8, 4) is 11.5 Å². The average molecular weight is 336 g/mol. The van der Waals surface area contributed by atoms with E-state index in [0.717, 1.165) is 33.8 Å². The van der Waals surface area contributed by atoms with E-state index in [1.165, 1.54) is 0 Å². The Kier molecular flexibility index (Phi) is 3.06. The van der Waals surface area contributed by atoms with E-state index < -0.39 is 0 Å². The van der Waals surface area contributed by atoms with Crippen LogP contribution in [-0.4, -0.2) is 35.8 Å². The number of nitrogens with zero attached hydrogens (tertiary/aromatic N) is 2. The first-order valence-corrected chi connectivity index (χ1v) is 8.19. The molecule has 2 N–H and O–H groups in total. The van der Waals surface area contributed by atoms with Gasteiger partial charge in [-0.15, -0.1) is 0 Å². The van der Waals surface area contributed by atoms with Crippen LogP contribution >= 0.6 is 0 Å². The monoisotopic (exact) mass is 336 g/mol. The zero-order valence-corrected chi connectivity index (χ0v) is 13.4. The molecule has 1 saturated heterocycles. The van der Waals surface area contributed by atoms with Crippen LogP contribution in [0.15, 0.2) is 42.7 Å². The zero-order chi connectivity index (χ0) is 16.8. The van der Waals surface area contributed by atoms with Crippen LogP contribution in [-0.2, 0) is 0 Å². The van der Waals surface area contributed by atoms with Gasteiger partial charge in [0.2, 0.25) is 0 Å². The summed E-state index contributed by atoms with van der Waals surface area (Å²) in [5, 5.41) is 2.93. The number of carbonyl (C=O) groups excluding carboxylic acids is 1. The predicted octanol–water partition coefficient (Wildman–Crippen LogP) is 2.61. The van der Waals surface area contributed by atoms with Crippen LogP contribution in [0.1, 0.15) is 11.6 Å². The number of H-pyrrole nitrogens is 1. The van der Waals surface area contributed by atoms with E-state index in [1.54, 1.807) is 11.2 Å². The standard InChI is InChI=1S/C18H16N4O3/c23-18-19-9-15(11-1-4-16-17(7-11)25-6-5-24-16)22(18)12-2-3-13-14(8-12)21-10-20-13/h1-4,7-8,10,15H,5-6,9H2,(H,19,23)(H,20,21). The number of carbonyl (C=O) groups is 1. The Bertz CT molecular complexity index is 968. The molecular formula is C18H16N4O3. The SMILES string of the molecule is O=C1NCC(c2ccc3c(c2)OCCO3)N1c1ccc2[nH]cnc2c1. The molecule has 0 spiro atoms. The van der Waals surface area contributed by atoms with Crippen LogP contribution in [0.3, 0.4) is 0 Å². The lowest BCUT2D eigenvalue weighted by molar-refractivity contribution is 0.171. The van der Waals surface area contributed by atoms with Crippen molar-refractivity contribution >= 4 is 22.8 Å². The number of urea groups is 1. The van der Waals surface area contributed by atoms with E-state index in [-0.39, 0.29) is 12.1 Å².